The van der Waals surface area contributed by atoms with E-state index in [4.69, 9.17) is 0 Å². The van der Waals surface area contributed by atoms with Crippen molar-refractivity contribution in [2.45, 2.75) is 37.3 Å². The molecule has 0 bridgehead atoms. The van der Waals surface area contributed by atoms with E-state index in [1.54, 1.807) is 36.4 Å². The lowest BCUT2D eigenvalue weighted by Crippen LogP contribution is -2.30. The fourth-order valence-electron chi connectivity index (χ4n) is 4.27. The van der Waals surface area contributed by atoms with Crippen LogP contribution in [-0.4, -0.2) is 23.0 Å². The molecular weight excluding hydrogens is 610 g/mol. The number of halogens is 1. The summed E-state index contributed by atoms with van der Waals surface area (Å²) in [6.45, 7) is 5.97. The lowest BCUT2D eigenvalue weighted by molar-refractivity contribution is -0.116. The van der Waals surface area contributed by atoms with Crippen molar-refractivity contribution in [2.24, 2.45) is 0 Å². The number of aryl methyl sites for hydroxylation is 2. The maximum absolute atomic E-state index is 13.4. The van der Waals surface area contributed by atoms with Gasteiger partial charge in [0.1, 0.15) is 5.70 Å². The minimum Gasteiger partial charge on any atom is -0.325 e. The molecule has 42 heavy (non-hydrogen) atoms. The summed E-state index contributed by atoms with van der Waals surface area (Å²) in [5.74, 6) is -0.937. The van der Waals surface area contributed by atoms with Crippen LogP contribution in [-0.2, 0) is 9.59 Å². The number of nitrogens with one attached hydrogen (secondary N) is 3. The predicted octanol–water partition coefficient (Wildman–Crippen LogP) is 7.98. The Labute approximate surface area is 259 Å². The minimum absolute atomic E-state index is 0.0784. The van der Waals surface area contributed by atoms with Gasteiger partial charge in [-0.05, 0) is 97.6 Å². The Bertz CT molecular complexity index is 1580. The Kier molecular flexibility index (Phi) is 10.8. The van der Waals surface area contributed by atoms with Crippen LogP contribution < -0.4 is 16.0 Å². The van der Waals surface area contributed by atoms with Gasteiger partial charge in [0.2, 0.25) is 5.91 Å². The largest absolute Gasteiger partial charge is 0.325 e. The molecule has 0 saturated heterocycles. The molecule has 214 valence electrons. The topological polar surface area (TPSA) is 87.3 Å². The minimum atomic E-state index is -0.469. The number of anilines is 2. The zero-order valence-electron chi connectivity index (χ0n) is 23.6. The lowest BCUT2D eigenvalue weighted by Gasteiger charge is -2.16. The van der Waals surface area contributed by atoms with Gasteiger partial charge in [0.05, 0.1) is 5.25 Å². The van der Waals surface area contributed by atoms with Crippen molar-refractivity contribution >= 4 is 62.9 Å². The molecule has 0 heterocycles. The van der Waals surface area contributed by atoms with Crippen molar-refractivity contribution < 1.29 is 14.4 Å². The smallest absolute Gasteiger partial charge is 0.272 e. The highest BCUT2D eigenvalue weighted by atomic mass is 79.9. The molecule has 0 radical (unpaired) electrons. The number of carbonyl (C=O) groups excluding carboxylic acids is 3. The van der Waals surface area contributed by atoms with Gasteiger partial charge < -0.3 is 16.0 Å². The van der Waals surface area contributed by atoms with E-state index in [1.807, 2.05) is 81.4 Å². The van der Waals surface area contributed by atoms with Crippen molar-refractivity contribution in [3.8, 4) is 0 Å². The highest BCUT2D eigenvalue weighted by Crippen LogP contribution is 2.29. The van der Waals surface area contributed by atoms with Crippen LogP contribution in [0.15, 0.2) is 112 Å². The van der Waals surface area contributed by atoms with Gasteiger partial charge in [0, 0.05) is 26.3 Å². The fraction of sp³-hybridized carbons (Fsp3) is 0.147. The quantitative estimate of drug-likeness (QED) is 0.121. The van der Waals surface area contributed by atoms with Gasteiger partial charge in [-0.3, -0.25) is 14.4 Å². The van der Waals surface area contributed by atoms with Gasteiger partial charge in [0.15, 0.2) is 0 Å². The molecule has 0 aliphatic heterocycles. The third-order valence-electron chi connectivity index (χ3n) is 6.23. The fourth-order valence-corrected chi connectivity index (χ4v) is 5.55. The Balaban J connectivity index is 1.50. The molecule has 4 rings (SSSR count). The Morgan fingerprint density at radius 3 is 2.17 bits per heavy atom. The molecule has 3 N–H and O–H groups in total. The monoisotopic (exact) mass is 641 g/mol. The Hall–Kier alpha value is -4.14. The zero-order valence-corrected chi connectivity index (χ0v) is 26.0. The summed E-state index contributed by atoms with van der Waals surface area (Å²) in [4.78, 5) is 40.3. The number of hydrogen-bond acceptors (Lipinski definition) is 4. The van der Waals surface area contributed by atoms with Crippen molar-refractivity contribution in [3.63, 3.8) is 0 Å². The summed E-state index contributed by atoms with van der Waals surface area (Å²) < 4.78 is 0.904. The second-order valence-electron chi connectivity index (χ2n) is 9.79. The molecule has 1 atom stereocenters. The Morgan fingerprint density at radius 1 is 0.810 bits per heavy atom. The van der Waals surface area contributed by atoms with E-state index in [2.05, 4.69) is 37.9 Å². The van der Waals surface area contributed by atoms with Crippen molar-refractivity contribution in [2.75, 3.05) is 10.6 Å². The number of benzene rings is 4. The highest BCUT2D eigenvalue weighted by Gasteiger charge is 2.19. The second-order valence-corrected chi connectivity index (χ2v) is 12.0. The standard InChI is InChI=1S/C34H32BrN3O3S/c1-4-31(34(41)37-28-18-22(2)17-23(3)19-28)42-29-12-8-11-27(21-29)36-33(40)30(20-24-13-15-26(35)16-14-24)38-32(39)25-9-6-5-7-10-25/h5-21,31H,4H2,1-3H3,(H,36,40)(H,37,41)(H,38,39)/b30-20-. The third kappa shape index (κ3) is 8.93. The van der Waals surface area contributed by atoms with Crippen molar-refractivity contribution in [1.82, 2.24) is 5.32 Å². The van der Waals surface area contributed by atoms with E-state index >= 15 is 0 Å². The third-order valence-corrected chi connectivity index (χ3v) is 8.12. The molecule has 8 heteroatoms. The molecule has 0 saturated carbocycles. The number of hydrogen-bond donors (Lipinski definition) is 3. The van der Waals surface area contributed by atoms with Crippen molar-refractivity contribution in [3.05, 3.63) is 129 Å². The molecule has 0 aliphatic rings. The molecular formula is C34H32BrN3O3S. The molecule has 0 aliphatic carbocycles. The Morgan fingerprint density at radius 2 is 1.50 bits per heavy atom. The van der Waals surface area contributed by atoms with E-state index in [0.29, 0.717) is 17.7 Å². The summed E-state index contributed by atoms with van der Waals surface area (Å²) in [5.41, 5.74) is 4.79. The highest BCUT2D eigenvalue weighted by molar-refractivity contribution is 9.10. The number of thioether (sulfide) groups is 1. The molecule has 0 fully saturated rings. The van der Waals surface area contributed by atoms with Crippen LogP contribution in [0.3, 0.4) is 0 Å². The van der Waals surface area contributed by atoms with Crippen LogP contribution in [0.2, 0.25) is 0 Å². The SMILES string of the molecule is CCC(Sc1cccc(NC(=O)/C(=C/c2ccc(Br)cc2)NC(=O)c2ccccc2)c1)C(=O)Nc1cc(C)cc(C)c1. The van der Waals surface area contributed by atoms with E-state index in [1.165, 1.54) is 11.8 Å². The molecule has 1 unspecified atom stereocenters. The first-order valence-corrected chi connectivity index (χ1v) is 15.2. The van der Waals surface area contributed by atoms with Crippen molar-refractivity contribution in [1.29, 1.82) is 0 Å². The number of rotatable bonds is 10. The van der Waals surface area contributed by atoms with E-state index in [0.717, 1.165) is 31.7 Å². The zero-order chi connectivity index (χ0) is 30.1. The van der Waals surface area contributed by atoms with E-state index in [-0.39, 0.29) is 22.8 Å². The molecule has 6 nitrogen and oxygen atoms in total. The first-order valence-electron chi connectivity index (χ1n) is 13.5. The van der Waals surface area contributed by atoms with Gasteiger partial charge in [-0.1, -0.05) is 65.3 Å². The van der Waals surface area contributed by atoms with E-state index in [9.17, 15) is 14.4 Å². The average Bonchev–Trinajstić information content (AvgIpc) is 2.96. The molecule has 4 aromatic carbocycles. The molecule has 0 aromatic heterocycles. The first-order chi connectivity index (χ1) is 20.2. The van der Waals surface area contributed by atoms with Crippen LogP contribution in [0.4, 0.5) is 11.4 Å². The maximum Gasteiger partial charge on any atom is 0.272 e. The normalized spacial score (nSPS) is 11.9. The molecule has 0 spiro atoms. The van der Waals surface area contributed by atoms with Crippen LogP contribution in [0, 0.1) is 13.8 Å². The van der Waals surface area contributed by atoms with Crippen LogP contribution in [0.25, 0.3) is 6.08 Å². The van der Waals surface area contributed by atoms with Gasteiger partial charge in [-0.15, -0.1) is 11.8 Å². The summed E-state index contributed by atoms with van der Waals surface area (Å²) in [7, 11) is 0. The van der Waals surface area contributed by atoms with Crippen LogP contribution >= 0.6 is 27.7 Å². The molecule has 3 amide bonds. The van der Waals surface area contributed by atoms with Gasteiger partial charge in [-0.25, -0.2) is 0 Å². The summed E-state index contributed by atoms with van der Waals surface area (Å²) in [5, 5.41) is 8.37. The lowest BCUT2D eigenvalue weighted by atomic mass is 10.1. The second kappa shape index (κ2) is 14.7. The van der Waals surface area contributed by atoms with Gasteiger partial charge >= 0.3 is 0 Å². The van der Waals surface area contributed by atoms with Gasteiger partial charge in [-0.2, -0.15) is 0 Å². The van der Waals surface area contributed by atoms with Crippen LogP contribution in [0.1, 0.15) is 40.4 Å². The predicted molar refractivity (Wildman–Crippen MR) is 176 cm³/mol. The summed E-state index contributed by atoms with van der Waals surface area (Å²) in [6.07, 6.45) is 2.26. The first kappa shape index (κ1) is 30.8. The van der Waals surface area contributed by atoms with Gasteiger partial charge in [0.25, 0.3) is 11.8 Å². The number of carbonyl (C=O) groups is 3. The summed E-state index contributed by atoms with van der Waals surface area (Å²) in [6, 6.07) is 29.4. The average molecular weight is 643 g/mol. The number of amides is 3. The van der Waals surface area contributed by atoms with Crippen LogP contribution in [0.5, 0.6) is 0 Å². The van der Waals surface area contributed by atoms with E-state index < -0.39 is 5.91 Å². The molecule has 4 aromatic rings. The maximum atomic E-state index is 13.4. The summed E-state index contributed by atoms with van der Waals surface area (Å²) >= 11 is 4.85.